The number of hydrogen-bond donors (Lipinski definition) is 0. The number of para-hydroxylation sites is 4. The maximum atomic E-state index is 10.1. The second-order valence-electron chi connectivity index (χ2n) is 15.2. The number of furan rings is 1. The molecule has 0 aliphatic heterocycles. The van der Waals surface area contributed by atoms with Gasteiger partial charge in [0.25, 0.3) is 0 Å². The summed E-state index contributed by atoms with van der Waals surface area (Å²) in [6.07, 6.45) is -0.335. The fourth-order valence-electron chi connectivity index (χ4n) is 9.00. The number of benzene rings is 10. The molecule has 1 aliphatic rings. The average Bonchev–Trinajstić information content (AvgIpc) is 1.80. The van der Waals surface area contributed by atoms with E-state index in [2.05, 4.69) is 0 Å². The van der Waals surface area contributed by atoms with Gasteiger partial charge in [0, 0.05) is 38.5 Å². The molecule has 1 aliphatic carbocycles. The second kappa shape index (κ2) is 14.6. The molecule has 2 heterocycles. The normalized spacial score (nSPS) is 16.4. The number of anilines is 3. The van der Waals surface area contributed by atoms with Crippen molar-refractivity contribution in [3.63, 3.8) is 0 Å². The molecule has 0 saturated heterocycles. The van der Waals surface area contributed by atoms with Gasteiger partial charge in [0.15, 0.2) is 0 Å². The third-order valence-electron chi connectivity index (χ3n) is 11.8. The molecule has 0 fully saturated rings. The molecule has 13 rings (SSSR count). The maximum Gasteiger partial charge on any atom is 0.145 e. The van der Waals surface area contributed by atoms with Crippen molar-refractivity contribution in [2.45, 2.75) is 6.42 Å². The minimum absolute atomic E-state index is 0.00415. The van der Waals surface area contributed by atoms with Crippen molar-refractivity contribution in [1.29, 1.82) is 0 Å². The molecule has 300 valence electrons. The fourth-order valence-corrected chi connectivity index (χ4v) is 9.00. The van der Waals surface area contributed by atoms with Crippen LogP contribution in [0.1, 0.15) is 38.5 Å². The zero-order valence-corrected chi connectivity index (χ0v) is 33.4. The molecule has 64 heavy (non-hydrogen) atoms. The molecule has 3 heteroatoms. The molecule has 2 aromatic heterocycles. The molecular formula is C61H40N2O. The number of rotatable bonds is 7. The number of hydrogen-bond acceptors (Lipinski definition) is 2. The first-order valence-corrected chi connectivity index (χ1v) is 20.4. The van der Waals surface area contributed by atoms with Crippen LogP contribution in [0.4, 0.5) is 17.1 Å². The summed E-state index contributed by atoms with van der Waals surface area (Å²) in [6.45, 7) is 0. The summed E-state index contributed by atoms with van der Waals surface area (Å²) >= 11 is 0. The van der Waals surface area contributed by atoms with Crippen molar-refractivity contribution in [2.75, 3.05) is 4.90 Å². The Morgan fingerprint density at radius 2 is 1.03 bits per heavy atom. The highest BCUT2D eigenvalue weighted by Crippen LogP contribution is 2.50. The molecule has 0 amide bonds. The first kappa shape index (κ1) is 21.6. The smallest absolute Gasteiger partial charge is 0.145 e. The van der Waals surface area contributed by atoms with Crippen LogP contribution in [0, 0.1) is 0 Å². The van der Waals surface area contributed by atoms with E-state index in [-0.39, 0.29) is 51.1 Å². The highest BCUT2D eigenvalue weighted by molar-refractivity contribution is 6.15. The molecule has 3 nitrogen and oxygen atoms in total. The number of fused-ring (bicyclic) bond motifs is 9. The quantitative estimate of drug-likeness (QED) is 0.159. The fraction of sp³-hybridized carbons (Fsp3) is 0.0164. The summed E-state index contributed by atoms with van der Waals surface area (Å²) < 4.78 is 193. The van der Waals surface area contributed by atoms with Gasteiger partial charge in [-0.25, -0.2) is 0 Å². The van der Waals surface area contributed by atoms with E-state index in [1.807, 2.05) is 77.4 Å². The molecule has 0 bridgehead atoms. The number of aromatic nitrogens is 1. The molecule has 0 spiro atoms. The summed E-state index contributed by atoms with van der Waals surface area (Å²) in [6, 6.07) is 18.3. The van der Waals surface area contributed by atoms with Crippen molar-refractivity contribution in [3.8, 4) is 50.2 Å². The van der Waals surface area contributed by atoms with E-state index >= 15 is 0 Å². The standard InChI is InChI=1S/C61H40N2O/c1-2-15-40(16-3-1)41-29-33-44(34-30-41)62(45-35-31-42(32-36-45)46-23-14-24-48-47-18-5-4-17-43(47)39-54(46)48)58-38-37-52-51-21-9-13-28-59(51)64-61(52)60(58)53-22-8-12-27-57(53)63-55-25-10-6-19-49(55)50-20-7-11-26-56(50)63/h1-38H,39H2/i1D,2D,3D,4D,5D,14D,15D,16D,17D,18D,23D,24D,29D,30D,31D,32D,33D,34D,35D,36D. The molecule has 10 aromatic carbocycles. The van der Waals surface area contributed by atoms with E-state index in [1.54, 1.807) is 36.4 Å². The van der Waals surface area contributed by atoms with Crippen molar-refractivity contribution < 1.29 is 31.8 Å². The van der Waals surface area contributed by atoms with Gasteiger partial charge in [0.2, 0.25) is 0 Å². The van der Waals surface area contributed by atoms with Gasteiger partial charge in [-0.15, -0.1) is 0 Å². The van der Waals surface area contributed by atoms with Crippen LogP contribution >= 0.6 is 0 Å². The van der Waals surface area contributed by atoms with Gasteiger partial charge in [-0.3, -0.25) is 0 Å². The van der Waals surface area contributed by atoms with Crippen molar-refractivity contribution in [3.05, 3.63) is 241 Å². The van der Waals surface area contributed by atoms with Gasteiger partial charge >= 0.3 is 0 Å². The van der Waals surface area contributed by atoms with Crippen LogP contribution in [0.2, 0.25) is 0 Å². The van der Waals surface area contributed by atoms with Crippen molar-refractivity contribution in [2.24, 2.45) is 0 Å². The third-order valence-corrected chi connectivity index (χ3v) is 11.8. The molecule has 0 radical (unpaired) electrons. The van der Waals surface area contributed by atoms with Gasteiger partial charge in [-0.2, -0.15) is 0 Å². The zero-order chi connectivity index (χ0) is 59.5. The van der Waals surface area contributed by atoms with Gasteiger partial charge in [-0.1, -0.05) is 169 Å². The Bertz CT molecular complexity index is 4830. The van der Waals surface area contributed by atoms with Crippen LogP contribution in [0.15, 0.2) is 234 Å². The lowest BCUT2D eigenvalue weighted by Gasteiger charge is -2.29. The summed E-state index contributed by atoms with van der Waals surface area (Å²) in [7, 11) is 0. The first-order valence-electron chi connectivity index (χ1n) is 30.4. The van der Waals surface area contributed by atoms with Gasteiger partial charge in [0.05, 0.1) is 55.4 Å². The predicted molar refractivity (Wildman–Crippen MR) is 267 cm³/mol. The second-order valence-corrected chi connectivity index (χ2v) is 15.2. The van der Waals surface area contributed by atoms with E-state index < -0.39 is 149 Å². The number of nitrogens with zero attached hydrogens (tertiary/aromatic N) is 2. The Hall–Kier alpha value is -8.40. The molecule has 0 unspecified atom stereocenters. The Labute approximate surface area is 399 Å². The minimum Gasteiger partial charge on any atom is -0.455 e. The van der Waals surface area contributed by atoms with E-state index in [1.165, 1.54) is 0 Å². The Kier molecular flexibility index (Phi) is 4.93. The van der Waals surface area contributed by atoms with Crippen LogP contribution in [0.5, 0.6) is 0 Å². The summed E-state index contributed by atoms with van der Waals surface area (Å²) in [5, 5.41) is 3.07. The first-order chi connectivity index (χ1) is 40.1. The Balaban J connectivity index is 1.17. The highest BCUT2D eigenvalue weighted by atomic mass is 16.3. The van der Waals surface area contributed by atoms with Gasteiger partial charge < -0.3 is 13.9 Å². The van der Waals surface area contributed by atoms with Crippen molar-refractivity contribution >= 4 is 60.8 Å². The highest BCUT2D eigenvalue weighted by Gasteiger charge is 2.27. The Morgan fingerprint density at radius 1 is 0.438 bits per heavy atom. The van der Waals surface area contributed by atoms with Crippen LogP contribution in [0.25, 0.3) is 93.9 Å². The lowest BCUT2D eigenvalue weighted by molar-refractivity contribution is 0.670. The summed E-state index contributed by atoms with van der Waals surface area (Å²) in [4.78, 5) is 1.07. The lowest BCUT2D eigenvalue weighted by atomic mass is 9.95. The van der Waals surface area contributed by atoms with Crippen LogP contribution in [-0.2, 0) is 6.42 Å². The average molecular weight is 837 g/mol. The lowest BCUT2D eigenvalue weighted by Crippen LogP contribution is -2.12. The van der Waals surface area contributed by atoms with Crippen LogP contribution in [-0.4, -0.2) is 4.57 Å². The molecular weight excluding hydrogens is 777 g/mol. The van der Waals surface area contributed by atoms with E-state index in [4.69, 9.17) is 19.5 Å². The van der Waals surface area contributed by atoms with Crippen LogP contribution < -0.4 is 4.90 Å². The third kappa shape index (κ3) is 5.68. The minimum atomic E-state index is -0.890. The van der Waals surface area contributed by atoms with Crippen LogP contribution in [0.3, 0.4) is 0 Å². The monoisotopic (exact) mass is 836 g/mol. The largest absolute Gasteiger partial charge is 0.455 e. The molecule has 0 N–H and O–H groups in total. The topological polar surface area (TPSA) is 21.3 Å². The van der Waals surface area contributed by atoms with Gasteiger partial charge in [-0.05, 0) is 111 Å². The van der Waals surface area contributed by atoms with Crippen molar-refractivity contribution in [1.82, 2.24) is 4.57 Å². The summed E-state index contributed by atoms with van der Waals surface area (Å²) in [5.74, 6) is 0. The Morgan fingerprint density at radius 3 is 1.80 bits per heavy atom. The van der Waals surface area contributed by atoms with E-state index in [0.29, 0.717) is 27.6 Å². The zero-order valence-electron chi connectivity index (χ0n) is 53.4. The van der Waals surface area contributed by atoms with Gasteiger partial charge in [0.1, 0.15) is 11.2 Å². The molecule has 0 saturated carbocycles. The summed E-state index contributed by atoms with van der Waals surface area (Å²) in [5.41, 5.74) is -0.258. The van der Waals surface area contributed by atoms with E-state index in [0.717, 1.165) is 26.7 Å². The molecule has 0 atom stereocenters. The van der Waals surface area contributed by atoms with E-state index in [9.17, 15) is 12.3 Å². The SMILES string of the molecule is [2H]c1c([2H])c([2H])c(-c2c([2H])c([2H])c(N(c3ccc4c(oc5ccccc54)c3-c3ccccc3-n3c4ccccc4c4ccccc43)c3c([2H])c([2H])c(-c4c([2H])c([2H])c([2H])c5c4Cc4c([2H])c([2H])c([2H])c([2H])c4-5)c([2H])c3[2H])c([2H])c2[2H])c([2H])c1[2H]. The molecule has 12 aromatic rings. The maximum absolute atomic E-state index is 10.1. The predicted octanol–water partition coefficient (Wildman–Crippen LogP) is 16.7.